The van der Waals surface area contributed by atoms with Crippen molar-refractivity contribution >= 4 is 17.8 Å². The molecule has 0 atom stereocenters. The first-order valence-electron chi connectivity index (χ1n) is 9.31. The number of aromatic nitrogens is 1. The van der Waals surface area contributed by atoms with E-state index in [1.807, 2.05) is 49.6 Å². The number of hydrogen-bond acceptors (Lipinski definition) is 5. The molecule has 1 N–H and O–H groups in total. The van der Waals surface area contributed by atoms with Gasteiger partial charge in [0.2, 0.25) is 0 Å². The number of para-hydroxylation sites is 1. The molecule has 0 spiro atoms. The van der Waals surface area contributed by atoms with Crippen LogP contribution in [0.1, 0.15) is 22.5 Å². The summed E-state index contributed by atoms with van der Waals surface area (Å²) in [6, 6.07) is 15.7. The lowest BCUT2D eigenvalue weighted by atomic mass is 10.1. The molecule has 0 aliphatic rings. The summed E-state index contributed by atoms with van der Waals surface area (Å²) in [4.78, 5) is 22.6. The van der Waals surface area contributed by atoms with E-state index in [0.29, 0.717) is 5.75 Å². The number of hydrazone groups is 1. The second-order valence-electron chi connectivity index (χ2n) is 6.78. The van der Waals surface area contributed by atoms with Gasteiger partial charge in [0.05, 0.1) is 16.8 Å². The average molecular weight is 406 g/mol. The third kappa shape index (κ3) is 4.72. The van der Waals surface area contributed by atoms with Gasteiger partial charge in [-0.15, -0.1) is 0 Å². The number of ether oxygens (including phenoxy) is 1. The number of carbonyl (C=O) groups is 1. The maximum Gasteiger partial charge on any atom is 0.277 e. The van der Waals surface area contributed by atoms with Crippen LogP contribution in [-0.4, -0.2) is 28.2 Å². The van der Waals surface area contributed by atoms with E-state index >= 15 is 0 Å². The summed E-state index contributed by atoms with van der Waals surface area (Å²) in [5.41, 5.74) is 6.67. The van der Waals surface area contributed by atoms with Crippen LogP contribution in [0.3, 0.4) is 0 Å². The Balaban J connectivity index is 1.72. The lowest BCUT2D eigenvalue weighted by Gasteiger charge is -2.12. The molecule has 1 heterocycles. The van der Waals surface area contributed by atoms with Gasteiger partial charge >= 0.3 is 0 Å². The van der Waals surface area contributed by atoms with Crippen LogP contribution in [0.2, 0.25) is 0 Å². The Hall–Kier alpha value is -3.94. The van der Waals surface area contributed by atoms with Gasteiger partial charge in [0.1, 0.15) is 5.75 Å². The van der Waals surface area contributed by atoms with Crippen molar-refractivity contribution in [1.82, 2.24) is 9.99 Å². The van der Waals surface area contributed by atoms with Crippen molar-refractivity contribution in [1.29, 1.82) is 0 Å². The van der Waals surface area contributed by atoms with E-state index in [1.165, 1.54) is 6.07 Å². The number of aryl methyl sites for hydroxylation is 2. The molecule has 2 aromatic carbocycles. The molecule has 8 nitrogen and oxygen atoms in total. The molecular formula is C22H22N4O4. The van der Waals surface area contributed by atoms with E-state index in [1.54, 1.807) is 30.5 Å². The van der Waals surface area contributed by atoms with Gasteiger partial charge < -0.3 is 9.30 Å². The number of hydrogen-bond donors (Lipinski definition) is 1. The van der Waals surface area contributed by atoms with Crippen LogP contribution in [0.15, 0.2) is 59.7 Å². The van der Waals surface area contributed by atoms with Crippen LogP contribution < -0.4 is 10.2 Å². The van der Waals surface area contributed by atoms with Crippen molar-refractivity contribution in [2.24, 2.45) is 5.10 Å². The number of non-ortho nitro benzene ring substituents is 1. The topological polar surface area (TPSA) is 98.8 Å². The number of rotatable bonds is 7. The van der Waals surface area contributed by atoms with Gasteiger partial charge in [0, 0.05) is 29.1 Å². The van der Waals surface area contributed by atoms with Gasteiger partial charge in [-0.1, -0.05) is 24.3 Å². The number of nitrogens with one attached hydrogen (secondary N) is 1. The van der Waals surface area contributed by atoms with E-state index in [9.17, 15) is 14.9 Å². The Bertz CT molecular complexity index is 1100. The normalized spacial score (nSPS) is 10.9. The van der Waals surface area contributed by atoms with Crippen LogP contribution >= 0.6 is 0 Å². The van der Waals surface area contributed by atoms with Crippen LogP contribution in [0.25, 0.3) is 5.69 Å². The number of nitrogens with zero attached hydrogens (tertiary/aromatic N) is 3. The third-order valence-corrected chi connectivity index (χ3v) is 4.62. The van der Waals surface area contributed by atoms with Gasteiger partial charge in [-0.3, -0.25) is 14.9 Å². The summed E-state index contributed by atoms with van der Waals surface area (Å²) in [6.45, 7) is 5.56. The van der Waals surface area contributed by atoms with Gasteiger partial charge in [-0.2, -0.15) is 5.10 Å². The quantitative estimate of drug-likeness (QED) is 0.366. The van der Waals surface area contributed by atoms with Crippen molar-refractivity contribution in [2.75, 3.05) is 6.61 Å². The minimum absolute atomic E-state index is 0.0315. The largest absolute Gasteiger partial charge is 0.484 e. The van der Waals surface area contributed by atoms with Crippen LogP contribution in [0.5, 0.6) is 5.75 Å². The fourth-order valence-corrected chi connectivity index (χ4v) is 3.11. The maximum atomic E-state index is 11.9. The van der Waals surface area contributed by atoms with Gasteiger partial charge in [0.15, 0.2) is 6.61 Å². The summed E-state index contributed by atoms with van der Waals surface area (Å²) in [7, 11) is 0. The zero-order chi connectivity index (χ0) is 21.7. The maximum absolute atomic E-state index is 11.9. The minimum atomic E-state index is -0.410. The minimum Gasteiger partial charge on any atom is -0.484 e. The summed E-state index contributed by atoms with van der Waals surface area (Å²) >= 11 is 0. The van der Waals surface area contributed by atoms with Crippen LogP contribution in [-0.2, 0) is 4.79 Å². The van der Waals surface area contributed by atoms with Gasteiger partial charge in [0.25, 0.3) is 11.6 Å². The zero-order valence-electron chi connectivity index (χ0n) is 17.0. The lowest BCUT2D eigenvalue weighted by molar-refractivity contribution is -0.384. The Morgan fingerprint density at radius 1 is 1.17 bits per heavy atom. The van der Waals surface area contributed by atoms with Crippen LogP contribution in [0, 0.1) is 30.9 Å². The fraction of sp³-hybridized carbons (Fsp3) is 0.182. The van der Waals surface area contributed by atoms with Crippen molar-refractivity contribution in [3.63, 3.8) is 0 Å². The predicted octanol–water partition coefficient (Wildman–Crippen LogP) is 3.84. The molecule has 0 bridgehead atoms. The molecule has 154 valence electrons. The summed E-state index contributed by atoms with van der Waals surface area (Å²) in [5.74, 6) is 0.228. The Kier molecular flexibility index (Phi) is 6.26. The molecular weight excluding hydrogens is 384 g/mol. The first kappa shape index (κ1) is 20.8. The molecule has 8 heteroatoms. The Labute approximate surface area is 173 Å². The fourth-order valence-electron chi connectivity index (χ4n) is 3.11. The molecule has 1 aromatic heterocycles. The van der Waals surface area contributed by atoms with E-state index in [-0.39, 0.29) is 18.2 Å². The Morgan fingerprint density at radius 3 is 2.60 bits per heavy atom. The van der Waals surface area contributed by atoms with Gasteiger partial charge in [-0.25, -0.2) is 5.43 Å². The van der Waals surface area contributed by atoms with E-state index in [2.05, 4.69) is 10.5 Å². The van der Waals surface area contributed by atoms with Crippen molar-refractivity contribution in [3.8, 4) is 11.4 Å². The van der Waals surface area contributed by atoms with Crippen LogP contribution in [0.4, 0.5) is 5.69 Å². The third-order valence-electron chi connectivity index (χ3n) is 4.62. The summed E-state index contributed by atoms with van der Waals surface area (Å²) in [5, 5.41) is 15.1. The number of carbonyl (C=O) groups excluding carboxylic acids is 1. The van der Waals surface area contributed by atoms with Crippen molar-refractivity contribution in [3.05, 3.63) is 87.2 Å². The predicted molar refractivity (Wildman–Crippen MR) is 114 cm³/mol. The molecule has 30 heavy (non-hydrogen) atoms. The second kappa shape index (κ2) is 9.04. The van der Waals surface area contributed by atoms with Crippen molar-refractivity contribution < 1.29 is 14.5 Å². The zero-order valence-corrected chi connectivity index (χ0v) is 17.0. The average Bonchev–Trinajstić information content (AvgIpc) is 3.00. The molecule has 0 aliphatic heterocycles. The molecule has 0 saturated heterocycles. The van der Waals surface area contributed by atoms with Crippen molar-refractivity contribution in [2.45, 2.75) is 20.8 Å². The second-order valence-corrected chi connectivity index (χ2v) is 6.78. The molecule has 0 aliphatic carbocycles. The smallest absolute Gasteiger partial charge is 0.277 e. The van der Waals surface area contributed by atoms with E-state index in [4.69, 9.17) is 4.74 Å². The first-order chi connectivity index (χ1) is 14.4. The molecule has 0 saturated carbocycles. The SMILES string of the molecule is Cc1ccc([N+](=O)[O-])cc1-n1c(C)cc(/C=N\NC(=O)COc2ccccc2)c1C. The monoisotopic (exact) mass is 406 g/mol. The molecule has 3 aromatic rings. The molecule has 0 radical (unpaired) electrons. The highest BCUT2D eigenvalue weighted by atomic mass is 16.6. The van der Waals surface area contributed by atoms with E-state index < -0.39 is 4.92 Å². The highest BCUT2D eigenvalue weighted by Gasteiger charge is 2.15. The van der Waals surface area contributed by atoms with E-state index in [0.717, 1.165) is 28.2 Å². The highest BCUT2D eigenvalue weighted by Crippen LogP contribution is 2.26. The lowest BCUT2D eigenvalue weighted by Crippen LogP contribution is -2.24. The first-order valence-corrected chi connectivity index (χ1v) is 9.31. The number of nitro groups is 1. The molecule has 3 rings (SSSR count). The number of amides is 1. The highest BCUT2D eigenvalue weighted by molar-refractivity contribution is 5.84. The number of benzene rings is 2. The summed E-state index contributed by atoms with van der Waals surface area (Å²) < 4.78 is 7.31. The standard InChI is InChI=1S/C22H22N4O4/c1-15-9-10-19(26(28)29)12-21(15)25-16(2)11-18(17(25)3)13-23-24-22(27)14-30-20-7-5-4-6-8-20/h4-13H,14H2,1-3H3,(H,24,27)/b23-13-. The molecule has 1 amide bonds. The molecule has 0 unspecified atom stereocenters. The summed E-state index contributed by atoms with van der Waals surface area (Å²) in [6.07, 6.45) is 1.55. The number of nitro benzene ring substituents is 1. The Morgan fingerprint density at radius 2 is 1.90 bits per heavy atom. The van der Waals surface area contributed by atoms with Gasteiger partial charge in [-0.05, 0) is 44.5 Å². The molecule has 0 fully saturated rings.